The topological polar surface area (TPSA) is 29.5 Å². The Bertz CT molecular complexity index is 592. The van der Waals surface area contributed by atoms with Crippen LogP contribution in [0.25, 0.3) is 10.8 Å². The van der Waals surface area contributed by atoms with Crippen LogP contribution in [-0.2, 0) is 0 Å². The number of hydrogen-bond donors (Lipinski definition) is 1. The largest absolute Gasteiger partial charge is 0.508 e. The number of unbranched alkanes of at least 4 members (excludes halogenated alkanes) is 9. The quantitative estimate of drug-likeness (QED) is 0.432. The molecule has 0 heterocycles. The van der Waals surface area contributed by atoms with Crippen LogP contribution < -0.4 is 4.74 Å². The number of fused-ring (bicyclic) bond motifs is 1. The number of ether oxygens (including phenoxy) is 1. The number of phenolic OH excluding ortho intramolecular Hbond substituents is 1. The van der Waals surface area contributed by atoms with E-state index in [0.717, 1.165) is 29.5 Å². The molecule has 2 aromatic rings. The molecule has 132 valence electrons. The van der Waals surface area contributed by atoms with Crippen molar-refractivity contribution in [3.63, 3.8) is 0 Å². The molecule has 0 aliphatic rings. The van der Waals surface area contributed by atoms with Crippen molar-refractivity contribution < 1.29 is 9.84 Å². The van der Waals surface area contributed by atoms with E-state index in [2.05, 4.69) is 6.92 Å². The summed E-state index contributed by atoms with van der Waals surface area (Å²) in [6, 6.07) is 11.5. The Morgan fingerprint density at radius 3 is 2.04 bits per heavy atom. The highest BCUT2D eigenvalue weighted by molar-refractivity contribution is 5.85. The molecule has 0 amide bonds. The van der Waals surface area contributed by atoms with Crippen LogP contribution in [0.1, 0.15) is 71.1 Å². The third kappa shape index (κ3) is 6.82. The maximum absolute atomic E-state index is 9.56. The van der Waals surface area contributed by atoms with E-state index in [1.165, 1.54) is 57.8 Å². The second-order valence-electron chi connectivity index (χ2n) is 6.72. The molecule has 2 nitrogen and oxygen atoms in total. The molecule has 0 bridgehead atoms. The first-order valence-electron chi connectivity index (χ1n) is 9.65. The van der Waals surface area contributed by atoms with E-state index in [9.17, 15) is 5.11 Å². The van der Waals surface area contributed by atoms with Crippen LogP contribution in [0.5, 0.6) is 11.5 Å². The zero-order valence-electron chi connectivity index (χ0n) is 15.1. The maximum atomic E-state index is 9.56. The summed E-state index contributed by atoms with van der Waals surface area (Å²) in [6.45, 7) is 3.05. The molecular weight excluding hydrogens is 296 g/mol. The Hall–Kier alpha value is -1.70. The van der Waals surface area contributed by atoms with Crippen LogP contribution in [0.4, 0.5) is 0 Å². The minimum absolute atomic E-state index is 0.300. The number of rotatable bonds is 12. The normalized spacial score (nSPS) is 11.0. The van der Waals surface area contributed by atoms with Gasteiger partial charge in [-0.2, -0.15) is 0 Å². The molecule has 24 heavy (non-hydrogen) atoms. The third-order valence-electron chi connectivity index (χ3n) is 4.56. The van der Waals surface area contributed by atoms with E-state index in [-0.39, 0.29) is 0 Å². The van der Waals surface area contributed by atoms with Gasteiger partial charge in [-0.15, -0.1) is 0 Å². The summed E-state index contributed by atoms with van der Waals surface area (Å²) >= 11 is 0. The number of phenols is 1. The lowest BCUT2D eigenvalue weighted by molar-refractivity contribution is 0.304. The molecule has 0 atom stereocenters. The molecule has 0 unspecified atom stereocenters. The van der Waals surface area contributed by atoms with Gasteiger partial charge in [-0.3, -0.25) is 0 Å². The highest BCUT2D eigenvalue weighted by Gasteiger charge is 1.99. The van der Waals surface area contributed by atoms with Gasteiger partial charge in [0.25, 0.3) is 0 Å². The first-order valence-corrected chi connectivity index (χ1v) is 9.65. The van der Waals surface area contributed by atoms with Gasteiger partial charge in [0.15, 0.2) is 0 Å². The van der Waals surface area contributed by atoms with Gasteiger partial charge in [-0.05, 0) is 41.5 Å². The minimum Gasteiger partial charge on any atom is -0.508 e. The average molecular weight is 328 g/mol. The zero-order valence-corrected chi connectivity index (χ0v) is 15.1. The monoisotopic (exact) mass is 328 g/mol. The van der Waals surface area contributed by atoms with Gasteiger partial charge in [0.05, 0.1) is 6.61 Å². The van der Waals surface area contributed by atoms with E-state index in [4.69, 9.17) is 4.74 Å². The third-order valence-corrected chi connectivity index (χ3v) is 4.56. The maximum Gasteiger partial charge on any atom is 0.119 e. The number of hydrogen-bond acceptors (Lipinski definition) is 2. The molecule has 0 aromatic heterocycles. The highest BCUT2D eigenvalue weighted by Crippen LogP contribution is 2.24. The Morgan fingerprint density at radius 2 is 1.33 bits per heavy atom. The fraction of sp³-hybridized carbons (Fsp3) is 0.545. The first-order chi connectivity index (χ1) is 11.8. The Labute approximate surface area is 146 Å². The summed E-state index contributed by atoms with van der Waals surface area (Å²) in [7, 11) is 0. The van der Waals surface area contributed by atoms with Gasteiger partial charge in [-0.1, -0.05) is 76.8 Å². The van der Waals surface area contributed by atoms with Gasteiger partial charge >= 0.3 is 0 Å². The van der Waals surface area contributed by atoms with Crippen molar-refractivity contribution in [2.45, 2.75) is 71.1 Å². The minimum atomic E-state index is 0.300. The highest BCUT2D eigenvalue weighted by atomic mass is 16.5. The smallest absolute Gasteiger partial charge is 0.119 e. The van der Waals surface area contributed by atoms with Crippen LogP contribution >= 0.6 is 0 Å². The molecule has 2 aromatic carbocycles. The van der Waals surface area contributed by atoms with Crippen molar-refractivity contribution in [3.8, 4) is 11.5 Å². The van der Waals surface area contributed by atoms with E-state index in [1.54, 1.807) is 12.1 Å². The van der Waals surface area contributed by atoms with Crippen molar-refractivity contribution in [3.05, 3.63) is 36.4 Å². The molecule has 1 N–H and O–H groups in total. The average Bonchev–Trinajstić information content (AvgIpc) is 2.59. The molecule has 0 spiro atoms. The van der Waals surface area contributed by atoms with Crippen molar-refractivity contribution in [2.24, 2.45) is 0 Å². The van der Waals surface area contributed by atoms with Crippen molar-refractivity contribution in [1.29, 1.82) is 0 Å². The van der Waals surface area contributed by atoms with Crippen molar-refractivity contribution >= 4 is 10.8 Å². The van der Waals surface area contributed by atoms with E-state index < -0.39 is 0 Å². The van der Waals surface area contributed by atoms with Gasteiger partial charge in [0, 0.05) is 0 Å². The van der Waals surface area contributed by atoms with Crippen molar-refractivity contribution in [2.75, 3.05) is 6.61 Å². The van der Waals surface area contributed by atoms with Crippen LogP contribution in [0.15, 0.2) is 36.4 Å². The predicted octanol–water partition coefficient (Wildman–Crippen LogP) is 6.85. The summed E-state index contributed by atoms with van der Waals surface area (Å²) < 4.78 is 5.84. The van der Waals surface area contributed by atoms with Crippen molar-refractivity contribution in [1.82, 2.24) is 0 Å². The number of benzene rings is 2. The molecule has 0 radical (unpaired) electrons. The van der Waals surface area contributed by atoms with E-state index >= 15 is 0 Å². The SMILES string of the molecule is CCCCCCCCCCCCOc1ccc2ccc(O)cc2c1. The molecule has 0 fully saturated rings. The zero-order chi connectivity index (χ0) is 17.0. The Morgan fingerprint density at radius 1 is 0.708 bits per heavy atom. The molecule has 0 aliphatic heterocycles. The van der Waals surface area contributed by atoms with Gasteiger partial charge in [0.1, 0.15) is 11.5 Å². The van der Waals surface area contributed by atoms with E-state index in [0.29, 0.717) is 5.75 Å². The molecule has 0 saturated carbocycles. The summed E-state index contributed by atoms with van der Waals surface area (Å²) in [5.74, 6) is 1.19. The molecule has 2 rings (SSSR count). The van der Waals surface area contributed by atoms with Gasteiger partial charge in [0.2, 0.25) is 0 Å². The molecule has 2 heteroatoms. The summed E-state index contributed by atoms with van der Waals surface area (Å²) in [5, 5.41) is 11.7. The van der Waals surface area contributed by atoms with Crippen LogP contribution in [0.3, 0.4) is 0 Å². The standard InChI is InChI=1S/C22H32O2/c1-2-3-4-5-6-7-8-9-10-11-16-24-22-15-13-19-12-14-21(23)17-20(19)18-22/h12-15,17-18,23H,2-11,16H2,1H3. The van der Waals surface area contributed by atoms with Crippen LogP contribution in [0.2, 0.25) is 0 Å². The fourth-order valence-corrected chi connectivity index (χ4v) is 3.08. The summed E-state index contributed by atoms with van der Waals surface area (Å²) in [5.41, 5.74) is 0. The Kier molecular flexibility index (Phi) is 8.51. The lowest BCUT2D eigenvalue weighted by Crippen LogP contribution is -1.97. The second-order valence-corrected chi connectivity index (χ2v) is 6.72. The second kappa shape index (κ2) is 11.0. The predicted molar refractivity (Wildman–Crippen MR) is 103 cm³/mol. The Balaban J connectivity index is 1.55. The lowest BCUT2D eigenvalue weighted by atomic mass is 10.1. The van der Waals surface area contributed by atoms with Gasteiger partial charge in [-0.25, -0.2) is 0 Å². The van der Waals surface area contributed by atoms with Crippen LogP contribution in [-0.4, -0.2) is 11.7 Å². The fourth-order valence-electron chi connectivity index (χ4n) is 3.08. The molecule has 0 aliphatic carbocycles. The summed E-state index contributed by atoms with van der Waals surface area (Å²) in [6.07, 6.45) is 13.4. The van der Waals surface area contributed by atoms with Gasteiger partial charge < -0.3 is 9.84 Å². The molecular formula is C22H32O2. The van der Waals surface area contributed by atoms with E-state index in [1.807, 2.05) is 24.3 Å². The first kappa shape index (κ1) is 18.6. The lowest BCUT2D eigenvalue weighted by Gasteiger charge is -2.08. The number of aromatic hydroxyl groups is 1. The van der Waals surface area contributed by atoms with Crippen LogP contribution in [0, 0.1) is 0 Å². The molecule has 0 saturated heterocycles. The summed E-state index contributed by atoms with van der Waals surface area (Å²) in [4.78, 5) is 0.